The van der Waals surface area contributed by atoms with Crippen molar-refractivity contribution in [2.75, 3.05) is 18.5 Å². The molecule has 0 aromatic heterocycles. The van der Waals surface area contributed by atoms with Gasteiger partial charge in [-0.3, -0.25) is 29.4 Å². The van der Waals surface area contributed by atoms with Gasteiger partial charge in [0.25, 0.3) is 11.6 Å². The molecule has 1 saturated heterocycles. The van der Waals surface area contributed by atoms with Gasteiger partial charge in [-0.2, -0.15) is 0 Å². The summed E-state index contributed by atoms with van der Waals surface area (Å²) in [7, 11) is 1.43. The van der Waals surface area contributed by atoms with E-state index in [0.29, 0.717) is 11.3 Å². The van der Waals surface area contributed by atoms with Crippen LogP contribution in [0.15, 0.2) is 48.5 Å². The Labute approximate surface area is 176 Å². The van der Waals surface area contributed by atoms with E-state index in [1.807, 2.05) is 0 Å². The number of nitrogens with zero attached hydrogens (tertiary/aromatic N) is 3. The fourth-order valence-corrected chi connectivity index (χ4v) is 3.20. The monoisotopic (exact) mass is 425 g/mol. The van der Waals surface area contributed by atoms with Gasteiger partial charge in [-0.15, -0.1) is 0 Å². The molecule has 0 spiro atoms. The molecule has 3 N–H and O–H groups in total. The van der Waals surface area contributed by atoms with Crippen molar-refractivity contribution in [3.63, 3.8) is 0 Å². The lowest BCUT2D eigenvalue weighted by atomic mass is 9.90. The standard InChI is InChI=1S/C20H19N5O6/c1-20(13-5-3-4-12(10-13)17(21)27)18(28)24(19(29)22-20)11-16(26)23(2)14-6-8-15(9-7-14)25(30)31/h3-10H,11H2,1-2H3,(H2,21,27)(H,22,29). The average Bonchev–Trinajstić information content (AvgIpc) is 2.97. The van der Waals surface area contributed by atoms with E-state index in [4.69, 9.17) is 5.73 Å². The van der Waals surface area contributed by atoms with Crippen molar-refractivity contribution in [3.05, 3.63) is 69.8 Å². The lowest BCUT2D eigenvalue weighted by Gasteiger charge is -2.23. The number of rotatable bonds is 6. The van der Waals surface area contributed by atoms with Crippen LogP contribution in [0.2, 0.25) is 0 Å². The number of urea groups is 1. The zero-order valence-electron chi connectivity index (χ0n) is 16.7. The number of non-ortho nitro benzene ring substituents is 1. The number of anilines is 1. The van der Waals surface area contributed by atoms with Gasteiger partial charge < -0.3 is 16.0 Å². The highest BCUT2D eigenvalue weighted by Gasteiger charge is 2.49. The Morgan fingerprint density at radius 3 is 2.42 bits per heavy atom. The number of nitrogens with one attached hydrogen (secondary N) is 1. The fraction of sp³-hybridized carbons (Fsp3) is 0.200. The summed E-state index contributed by atoms with van der Waals surface area (Å²) in [5, 5.41) is 13.3. The lowest BCUT2D eigenvalue weighted by Crippen LogP contribution is -2.43. The number of primary amides is 1. The molecule has 1 fully saturated rings. The number of amides is 5. The van der Waals surface area contributed by atoms with Gasteiger partial charge in [0.2, 0.25) is 11.8 Å². The summed E-state index contributed by atoms with van der Waals surface area (Å²) in [4.78, 5) is 61.8. The summed E-state index contributed by atoms with van der Waals surface area (Å²) in [6.07, 6.45) is 0. The molecule has 160 valence electrons. The van der Waals surface area contributed by atoms with Gasteiger partial charge in [0.05, 0.1) is 4.92 Å². The first-order chi connectivity index (χ1) is 14.5. The molecule has 3 rings (SSSR count). The highest BCUT2D eigenvalue weighted by molar-refractivity contribution is 6.10. The Bertz CT molecular complexity index is 1100. The number of hydrogen-bond donors (Lipinski definition) is 2. The third-order valence-electron chi connectivity index (χ3n) is 5.11. The second-order valence-electron chi connectivity index (χ2n) is 7.12. The van der Waals surface area contributed by atoms with Crippen LogP contribution < -0.4 is 16.0 Å². The van der Waals surface area contributed by atoms with Gasteiger partial charge in [-0.25, -0.2) is 4.79 Å². The first-order valence-electron chi connectivity index (χ1n) is 9.10. The molecule has 11 nitrogen and oxygen atoms in total. The molecule has 1 aliphatic heterocycles. The van der Waals surface area contributed by atoms with Crippen molar-refractivity contribution in [2.24, 2.45) is 5.73 Å². The molecule has 11 heteroatoms. The van der Waals surface area contributed by atoms with E-state index in [-0.39, 0.29) is 11.3 Å². The van der Waals surface area contributed by atoms with E-state index < -0.39 is 40.8 Å². The Hall–Kier alpha value is -4.28. The molecule has 1 atom stereocenters. The number of nitro groups is 1. The molecular weight excluding hydrogens is 406 g/mol. The van der Waals surface area contributed by atoms with Crippen molar-refractivity contribution in [2.45, 2.75) is 12.5 Å². The number of imide groups is 1. The van der Waals surface area contributed by atoms with Crippen molar-refractivity contribution in [1.82, 2.24) is 10.2 Å². The SMILES string of the molecule is CN(C(=O)CN1C(=O)NC(C)(c2cccc(C(N)=O)c2)C1=O)c1ccc([N+](=O)[O-])cc1. The number of nitro benzene ring substituents is 1. The predicted molar refractivity (Wildman–Crippen MR) is 109 cm³/mol. The summed E-state index contributed by atoms with van der Waals surface area (Å²) >= 11 is 0. The topological polar surface area (TPSA) is 156 Å². The number of carbonyl (C=O) groups is 4. The molecule has 0 radical (unpaired) electrons. The number of likely N-dealkylation sites (N-methyl/N-ethyl adjacent to an activating group) is 1. The van der Waals surface area contributed by atoms with Crippen LogP contribution in [0.1, 0.15) is 22.8 Å². The molecule has 0 bridgehead atoms. The number of carbonyl (C=O) groups excluding carboxylic acids is 4. The summed E-state index contributed by atoms with van der Waals surface area (Å²) in [6, 6.07) is 10.5. The summed E-state index contributed by atoms with van der Waals surface area (Å²) in [5.74, 6) is -1.92. The minimum atomic E-state index is -1.48. The Morgan fingerprint density at radius 1 is 1.19 bits per heavy atom. The number of nitrogens with two attached hydrogens (primary N) is 1. The fourth-order valence-electron chi connectivity index (χ4n) is 3.20. The smallest absolute Gasteiger partial charge is 0.325 e. The van der Waals surface area contributed by atoms with Crippen molar-refractivity contribution in [1.29, 1.82) is 0 Å². The van der Waals surface area contributed by atoms with Crippen molar-refractivity contribution >= 4 is 35.1 Å². The molecule has 1 heterocycles. The Balaban J connectivity index is 1.79. The van der Waals surface area contributed by atoms with Crippen LogP contribution in [-0.2, 0) is 15.1 Å². The molecule has 1 aliphatic rings. The maximum Gasteiger partial charge on any atom is 0.325 e. The lowest BCUT2D eigenvalue weighted by molar-refractivity contribution is -0.384. The second kappa shape index (κ2) is 7.86. The van der Waals surface area contributed by atoms with Crippen LogP contribution in [-0.4, -0.2) is 47.2 Å². The maximum atomic E-state index is 13.0. The first kappa shape index (κ1) is 21.4. The van der Waals surface area contributed by atoms with Gasteiger partial charge in [0.15, 0.2) is 0 Å². The maximum absolute atomic E-state index is 13.0. The zero-order chi connectivity index (χ0) is 22.9. The predicted octanol–water partition coefficient (Wildman–Crippen LogP) is 1.12. The highest BCUT2D eigenvalue weighted by Crippen LogP contribution is 2.29. The van der Waals surface area contributed by atoms with Gasteiger partial charge in [0, 0.05) is 30.4 Å². The molecule has 1 unspecified atom stereocenters. The van der Waals surface area contributed by atoms with Gasteiger partial charge in [0.1, 0.15) is 12.1 Å². The van der Waals surface area contributed by atoms with Crippen LogP contribution in [0.25, 0.3) is 0 Å². The van der Waals surface area contributed by atoms with Gasteiger partial charge >= 0.3 is 6.03 Å². The molecule has 31 heavy (non-hydrogen) atoms. The summed E-state index contributed by atoms with van der Waals surface area (Å²) in [5.41, 5.74) is 4.56. The van der Waals surface area contributed by atoms with E-state index >= 15 is 0 Å². The first-order valence-corrected chi connectivity index (χ1v) is 9.10. The van der Waals surface area contributed by atoms with Crippen molar-refractivity contribution in [3.8, 4) is 0 Å². The minimum Gasteiger partial charge on any atom is -0.366 e. The minimum absolute atomic E-state index is 0.132. The third kappa shape index (κ3) is 3.92. The van der Waals surface area contributed by atoms with E-state index in [0.717, 1.165) is 4.90 Å². The number of hydrogen-bond acceptors (Lipinski definition) is 6. The highest BCUT2D eigenvalue weighted by atomic mass is 16.6. The normalized spacial score (nSPS) is 17.9. The number of benzene rings is 2. The van der Waals surface area contributed by atoms with E-state index in [9.17, 15) is 29.3 Å². The van der Waals surface area contributed by atoms with Crippen LogP contribution in [0, 0.1) is 10.1 Å². The quantitative estimate of drug-likeness (QED) is 0.401. The largest absolute Gasteiger partial charge is 0.366 e. The van der Waals surface area contributed by atoms with Gasteiger partial charge in [-0.05, 0) is 36.8 Å². The van der Waals surface area contributed by atoms with Crippen LogP contribution in [0.3, 0.4) is 0 Å². The van der Waals surface area contributed by atoms with Crippen LogP contribution >= 0.6 is 0 Å². The second-order valence-corrected chi connectivity index (χ2v) is 7.12. The average molecular weight is 425 g/mol. The van der Waals surface area contributed by atoms with E-state index in [1.54, 1.807) is 6.07 Å². The third-order valence-corrected chi connectivity index (χ3v) is 5.11. The molecule has 0 saturated carbocycles. The Kier molecular flexibility index (Phi) is 5.43. The molecule has 2 aromatic rings. The van der Waals surface area contributed by atoms with E-state index in [2.05, 4.69) is 5.32 Å². The van der Waals surface area contributed by atoms with Gasteiger partial charge in [-0.1, -0.05) is 12.1 Å². The summed E-state index contributed by atoms with van der Waals surface area (Å²) in [6.45, 7) is 0.932. The molecule has 0 aliphatic carbocycles. The summed E-state index contributed by atoms with van der Waals surface area (Å²) < 4.78 is 0. The van der Waals surface area contributed by atoms with Crippen molar-refractivity contribution < 1.29 is 24.1 Å². The molecular formula is C20H19N5O6. The molecule has 5 amide bonds. The van der Waals surface area contributed by atoms with E-state index in [1.165, 1.54) is 61.3 Å². The van der Waals surface area contributed by atoms with Crippen LogP contribution in [0.5, 0.6) is 0 Å². The Morgan fingerprint density at radius 2 is 1.84 bits per heavy atom. The molecule has 2 aromatic carbocycles. The van der Waals surface area contributed by atoms with Crippen LogP contribution in [0.4, 0.5) is 16.2 Å². The zero-order valence-corrected chi connectivity index (χ0v) is 16.7.